The quantitative estimate of drug-likeness (QED) is 0.356. The molecular weight excluding hydrogens is 372 g/mol. The van der Waals surface area contributed by atoms with Crippen LogP contribution in [0, 0.1) is 5.92 Å². The summed E-state index contributed by atoms with van der Waals surface area (Å²) in [6.07, 6.45) is 11.0. The molecule has 158 valence electrons. The van der Waals surface area contributed by atoms with Crippen molar-refractivity contribution in [1.29, 1.82) is 0 Å². The third-order valence-electron chi connectivity index (χ3n) is 4.18. The van der Waals surface area contributed by atoms with Crippen LogP contribution in [0.25, 0.3) is 0 Å². The van der Waals surface area contributed by atoms with Gasteiger partial charge in [0.15, 0.2) is 0 Å². The van der Waals surface area contributed by atoms with Crippen LogP contribution in [-0.2, 0) is 19.2 Å². The highest BCUT2D eigenvalue weighted by Gasteiger charge is 2.24. The van der Waals surface area contributed by atoms with Crippen LogP contribution < -0.4 is 21.3 Å². The molecule has 0 spiro atoms. The van der Waals surface area contributed by atoms with Crippen LogP contribution in [0.1, 0.15) is 26.2 Å². The number of rotatable bonds is 12. The predicted octanol–water partition coefficient (Wildman–Crippen LogP) is 0.494. The summed E-state index contributed by atoms with van der Waals surface area (Å²) in [5, 5.41) is 10.2. The average Bonchev–Trinajstić information content (AvgIpc) is 2.73. The molecule has 0 radical (unpaired) electrons. The number of allylic oxidation sites excluding steroid dienone is 3. The summed E-state index contributed by atoms with van der Waals surface area (Å²) in [6.45, 7) is 8.59. The summed E-state index contributed by atoms with van der Waals surface area (Å²) in [5.74, 6) is -1.91. The number of hydrogen-bond donors (Lipinski definition) is 4. The van der Waals surface area contributed by atoms with E-state index in [9.17, 15) is 19.2 Å². The monoisotopic (exact) mass is 402 g/mol. The van der Waals surface area contributed by atoms with Gasteiger partial charge in [0.25, 0.3) is 0 Å². The van der Waals surface area contributed by atoms with Gasteiger partial charge in [0.05, 0.1) is 13.1 Å². The van der Waals surface area contributed by atoms with Crippen molar-refractivity contribution in [3.8, 4) is 0 Å². The Labute approximate surface area is 171 Å². The normalized spacial score (nSPS) is 14.6. The maximum Gasteiger partial charge on any atom is 0.247 e. The number of nitrogens with one attached hydrogen (secondary N) is 4. The topological polar surface area (TPSA) is 116 Å². The van der Waals surface area contributed by atoms with Crippen molar-refractivity contribution in [2.24, 2.45) is 5.92 Å². The van der Waals surface area contributed by atoms with Gasteiger partial charge in [0, 0.05) is 12.5 Å². The van der Waals surface area contributed by atoms with E-state index < -0.39 is 17.9 Å². The van der Waals surface area contributed by atoms with Gasteiger partial charge in [-0.05, 0) is 24.8 Å². The molecule has 0 aromatic heterocycles. The van der Waals surface area contributed by atoms with E-state index >= 15 is 0 Å². The lowest BCUT2D eigenvalue weighted by molar-refractivity contribution is -0.130. The number of carbonyl (C=O) groups excluding carboxylic acids is 4. The molecule has 8 heteroatoms. The van der Waals surface area contributed by atoms with E-state index in [0.717, 1.165) is 12.8 Å². The third-order valence-corrected chi connectivity index (χ3v) is 4.18. The molecule has 0 aromatic carbocycles. The van der Waals surface area contributed by atoms with Crippen LogP contribution in [0.4, 0.5) is 0 Å². The lowest BCUT2D eigenvalue weighted by Crippen LogP contribution is -2.51. The summed E-state index contributed by atoms with van der Waals surface area (Å²) in [4.78, 5) is 48.2. The Balaban J connectivity index is 2.52. The van der Waals surface area contributed by atoms with Crippen LogP contribution in [0.2, 0.25) is 0 Å². The van der Waals surface area contributed by atoms with Gasteiger partial charge in [-0.3, -0.25) is 19.2 Å². The smallest absolute Gasteiger partial charge is 0.247 e. The van der Waals surface area contributed by atoms with Crippen molar-refractivity contribution in [2.75, 3.05) is 19.6 Å². The Hall–Kier alpha value is -3.16. The number of carbonyl (C=O) groups is 4. The minimum atomic E-state index is -0.852. The van der Waals surface area contributed by atoms with Crippen molar-refractivity contribution >= 4 is 23.6 Å². The average molecular weight is 402 g/mol. The summed E-state index contributed by atoms with van der Waals surface area (Å²) < 4.78 is 0. The van der Waals surface area contributed by atoms with Crippen LogP contribution in [0.5, 0.6) is 0 Å². The van der Waals surface area contributed by atoms with E-state index in [-0.39, 0.29) is 37.4 Å². The molecule has 2 atom stereocenters. The minimum absolute atomic E-state index is 0.231. The Morgan fingerprint density at radius 2 is 1.72 bits per heavy atom. The summed E-state index contributed by atoms with van der Waals surface area (Å²) >= 11 is 0. The highest BCUT2D eigenvalue weighted by atomic mass is 16.2. The molecule has 0 aromatic rings. The predicted molar refractivity (Wildman–Crippen MR) is 112 cm³/mol. The van der Waals surface area contributed by atoms with Gasteiger partial charge >= 0.3 is 0 Å². The first-order valence-electron chi connectivity index (χ1n) is 9.58. The molecule has 1 rings (SSSR count). The number of amides is 4. The van der Waals surface area contributed by atoms with Gasteiger partial charge in [-0.2, -0.15) is 0 Å². The van der Waals surface area contributed by atoms with Gasteiger partial charge in [0.1, 0.15) is 6.04 Å². The number of hydrogen-bond acceptors (Lipinski definition) is 4. The van der Waals surface area contributed by atoms with Crippen molar-refractivity contribution < 1.29 is 19.2 Å². The summed E-state index contributed by atoms with van der Waals surface area (Å²) in [7, 11) is 0. The molecule has 0 heterocycles. The molecule has 8 nitrogen and oxygen atoms in total. The van der Waals surface area contributed by atoms with E-state index in [2.05, 4.69) is 34.4 Å². The van der Waals surface area contributed by atoms with E-state index in [1.54, 1.807) is 25.2 Å². The first-order valence-corrected chi connectivity index (χ1v) is 9.58. The van der Waals surface area contributed by atoms with Crippen molar-refractivity contribution in [1.82, 2.24) is 21.3 Å². The van der Waals surface area contributed by atoms with Crippen molar-refractivity contribution in [3.63, 3.8) is 0 Å². The van der Waals surface area contributed by atoms with E-state index in [4.69, 9.17) is 0 Å². The molecule has 4 amide bonds. The standard InChI is InChI=1S/C21H30N4O4/c1-4-9-15(3)20(28)24-13-17(26)23-14-18(27)25-19(21(29)22-12-5-2)16-10-7-6-8-11-16/h4-5,7,10-11,15,19H,1-2,6,8-9,12-14H2,3H3,(H,22,29)(H,23,26)(H,24,28)(H,25,27). The highest BCUT2D eigenvalue weighted by molar-refractivity contribution is 5.93. The maximum atomic E-state index is 12.4. The van der Waals surface area contributed by atoms with Gasteiger partial charge in [-0.15, -0.1) is 13.2 Å². The lowest BCUT2D eigenvalue weighted by atomic mass is 9.99. The second kappa shape index (κ2) is 13.1. The Morgan fingerprint density at radius 3 is 2.34 bits per heavy atom. The molecule has 4 N–H and O–H groups in total. The van der Waals surface area contributed by atoms with E-state index in [0.29, 0.717) is 12.0 Å². The highest BCUT2D eigenvalue weighted by Crippen LogP contribution is 2.13. The molecule has 0 saturated carbocycles. The van der Waals surface area contributed by atoms with Gasteiger partial charge in [-0.1, -0.05) is 37.3 Å². The third kappa shape index (κ3) is 9.05. The second-order valence-electron chi connectivity index (χ2n) is 6.64. The summed E-state index contributed by atoms with van der Waals surface area (Å²) in [5.41, 5.74) is 0.695. The lowest BCUT2D eigenvalue weighted by Gasteiger charge is -2.21. The molecule has 0 bridgehead atoms. The molecule has 0 saturated heterocycles. The molecule has 29 heavy (non-hydrogen) atoms. The molecular formula is C21H30N4O4. The van der Waals surface area contributed by atoms with E-state index in [1.807, 2.05) is 12.2 Å². The fraction of sp³-hybridized carbons (Fsp3) is 0.429. The Morgan fingerprint density at radius 1 is 1.00 bits per heavy atom. The Kier molecular flexibility index (Phi) is 10.8. The molecule has 1 aliphatic carbocycles. The fourth-order valence-electron chi connectivity index (χ4n) is 2.57. The summed E-state index contributed by atoms with van der Waals surface area (Å²) in [6, 6.07) is -0.852. The Bertz CT molecular complexity index is 697. The van der Waals surface area contributed by atoms with Crippen LogP contribution in [-0.4, -0.2) is 49.3 Å². The zero-order chi connectivity index (χ0) is 21.6. The molecule has 0 aliphatic heterocycles. The molecule has 1 aliphatic rings. The second-order valence-corrected chi connectivity index (χ2v) is 6.64. The molecule has 2 unspecified atom stereocenters. The van der Waals surface area contributed by atoms with Gasteiger partial charge in [0.2, 0.25) is 23.6 Å². The maximum absolute atomic E-state index is 12.4. The fourth-order valence-corrected chi connectivity index (χ4v) is 2.57. The minimum Gasteiger partial charge on any atom is -0.351 e. The zero-order valence-corrected chi connectivity index (χ0v) is 16.8. The first-order chi connectivity index (χ1) is 13.9. The first kappa shape index (κ1) is 23.9. The van der Waals surface area contributed by atoms with Crippen LogP contribution in [0.15, 0.2) is 49.1 Å². The van der Waals surface area contributed by atoms with E-state index in [1.165, 1.54) is 0 Å². The largest absolute Gasteiger partial charge is 0.351 e. The zero-order valence-electron chi connectivity index (χ0n) is 16.8. The van der Waals surface area contributed by atoms with Crippen molar-refractivity contribution in [3.05, 3.63) is 49.1 Å². The SMILES string of the molecule is C=CCNC(=O)C(NC(=O)CNC(=O)CNC(=O)C(C)CC=C)C1=CCCC=C1. The van der Waals surface area contributed by atoms with Crippen LogP contribution in [0.3, 0.4) is 0 Å². The van der Waals surface area contributed by atoms with Crippen molar-refractivity contribution in [2.45, 2.75) is 32.2 Å². The van der Waals surface area contributed by atoms with Gasteiger partial charge < -0.3 is 21.3 Å². The van der Waals surface area contributed by atoms with Gasteiger partial charge in [-0.25, -0.2) is 0 Å². The molecule has 0 fully saturated rings. The van der Waals surface area contributed by atoms with Crippen LogP contribution >= 0.6 is 0 Å².